The summed E-state index contributed by atoms with van der Waals surface area (Å²) in [5.41, 5.74) is 1.42. The molecule has 0 aromatic heterocycles. The van der Waals surface area contributed by atoms with E-state index in [2.05, 4.69) is 15.9 Å². The summed E-state index contributed by atoms with van der Waals surface area (Å²) in [7, 11) is 3.16. The summed E-state index contributed by atoms with van der Waals surface area (Å²) in [6, 6.07) is 12.8. The van der Waals surface area contributed by atoms with Gasteiger partial charge in [-0.25, -0.2) is 0 Å². The Bertz CT molecular complexity index is 677. The van der Waals surface area contributed by atoms with Gasteiger partial charge in [-0.1, -0.05) is 40.2 Å². The van der Waals surface area contributed by atoms with E-state index in [4.69, 9.17) is 9.47 Å². The van der Waals surface area contributed by atoms with Crippen LogP contribution in [0.5, 0.6) is 11.5 Å². The molecule has 21 heavy (non-hydrogen) atoms. The molecule has 108 valence electrons. The van der Waals surface area contributed by atoms with Crippen molar-refractivity contribution in [3.8, 4) is 11.5 Å². The van der Waals surface area contributed by atoms with E-state index in [-0.39, 0.29) is 5.78 Å². The highest BCUT2D eigenvalue weighted by Crippen LogP contribution is 2.31. The minimum atomic E-state index is -0.0684. The number of para-hydroxylation sites is 1. The summed E-state index contributed by atoms with van der Waals surface area (Å²) < 4.78 is 11.4. The van der Waals surface area contributed by atoms with Gasteiger partial charge in [0.1, 0.15) is 0 Å². The zero-order valence-corrected chi connectivity index (χ0v) is 13.4. The Hall–Kier alpha value is -2.07. The first-order valence-electron chi connectivity index (χ1n) is 6.34. The molecule has 2 aromatic rings. The first kappa shape index (κ1) is 15.3. The van der Waals surface area contributed by atoms with Crippen LogP contribution >= 0.6 is 15.9 Å². The van der Waals surface area contributed by atoms with Crippen LogP contribution in [0.25, 0.3) is 6.08 Å². The maximum Gasteiger partial charge on any atom is 0.185 e. The fourth-order valence-electron chi connectivity index (χ4n) is 1.95. The number of allylic oxidation sites excluding steroid dienone is 1. The van der Waals surface area contributed by atoms with Crippen LogP contribution < -0.4 is 9.47 Å². The van der Waals surface area contributed by atoms with Crippen molar-refractivity contribution in [3.05, 3.63) is 64.1 Å². The summed E-state index contributed by atoms with van der Waals surface area (Å²) in [6.45, 7) is 0. The van der Waals surface area contributed by atoms with Gasteiger partial charge in [-0.15, -0.1) is 0 Å². The minimum absolute atomic E-state index is 0.0684. The van der Waals surface area contributed by atoms with Crippen LogP contribution in [-0.2, 0) is 0 Å². The molecule has 0 spiro atoms. The molecule has 0 fully saturated rings. The third-order valence-electron chi connectivity index (χ3n) is 2.96. The summed E-state index contributed by atoms with van der Waals surface area (Å²) in [4.78, 5) is 12.1. The van der Waals surface area contributed by atoms with Crippen molar-refractivity contribution in [1.29, 1.82) is 0 Å². The second-order valence-corrected chi connectivity index (χ2v) is 5.21. The topological polar surface area (TPSA) is 35.5 Å². The standard InChI is InChI=1S/C17H15BrO3/c1-20-16-8-4-5-12(17(16)21-2)9-10-15(19)13-6-3-7-14(18)11-13/h3-11H,1-2H3. The van der Waals surface area contributed by atoms with E-state index in [1.165, 1.54) is 6.08 Å². The molecule has 0 atom stereocenters. The molecule has 0 saturated heterocycles. The number of ketones is 1. The highest BCUT2D eigenvalue weighted by molar-refractivity contribution is 9.10. The molecule has 0 aliphatic heterocycles. The van der Waals surface area contributed by atoms with Gasteiger partial charge in [-0.3, -0.25) is 4.79 Å². The molecule has 0 aliphatic rings. The molecule has 0 radical (unpaired) electrons. The van der Waals surface area contributed by atoms with E-state index >= 15 is 0 Å². The number of hydrogen-bond donors (Lipinski definition) is 0. The van der Waals surface area contributed by atoms with Gasteiger partial charge in [0.15, 0.2) is 17.3 Å². The highest BCUT2D eigenvalue weighted by atomic mass is 79.9. The van der Waals surface area contributed by atoms with Gasteiger partial charge in [-0.2, -0.15) is 0 Å². The van der Waals surface area contributed by atoms with Crippen LogP contribution in [0.15, 0.2) is 53.0 Å². The number of rotatable bonds is 5. The van der Waals surface area contributed by atoms with E-state index in [9.17, 15) is 4.79 Å². The molecule has 2 aromatic carbocycles. The SMILES string of the molecule is COc1cccc(C=CC(=O)c2cccc(Br)c2)c1OC. The average molecular weight is 347 g/mol. The van der Waals surface area contributed by atoms with Crippen LogP contribution in [0.3, 0.4) is 0 Å². The van der Waals surface area contributed by atoms with E-state index in [0.717, 1.165) is 10.0 Å². The van der Waals surface area contributed by atoms with Crippen LogP contribution in [0.1, 0.15) is 15.9 Å². The smallest absolute Gasteiger partial charge is 0.185 e. The molecule has 2 rings (SSSR count). The molecule has 0 saturated carbocycles. The first-order chi connectivity index (χ1) is 10.2. The Balaban J connectivity index is 2.27. The number of methoxy groups -OCH3 is 2. The number of ether oxygens (including phenoxy) is 2. The minimum Gasteiger partial charge on any atom is -0.493 e. The molecule has 0 bridgehead atoms. The van der Waals surface area contributed by atoms with Gasteiger partial charge in [0.25, 0.3) is 0 Å². The lowest BCUT2D eigenvalue weighted by molar-refractivity contribution is 0.104. The largest absolute Gasteiger partial charge is 0.493 e. The Morgan fingerprint density at radius 1 is 1.10 bits per heavy atom. The third kappa shape index (κ3) is 3.73. The molecule has 0 amide bonds. The van der Waals surface area contributed by atoms with Crippen molar-refractivity contribution < 1.29 is 14.3 Å². The lowest BCUT2D eigenvalue weighted by Crippen LogP contribution is -1.95. The van der Waals surface area contributed by atoms with Gasteiger partial charge < -0.3 is 9.47 Å². The van der Waals surface area contributed by atoms with Crippen molar-refractivity contribution in [2.24, 2.45) is 0 Å². The number of carbonyl (C=O) groups excluding carboxylic acids is 1. The van der Waals surface area contributed by atoms with E-state index in [1.807, 2.05) is 30.3 Å². The Morgan fingerprint density at radius 2 is 1.86 bits per heavy atom. The first-order valence-corrected chi connectivity index (χ1v) is 7.14. The average Bonchev–Trinajstić information content (AvgIpc) is 2.51. The van der Waals surface area contributed by atoms with Crippen LogP contribution in [0, 0.1) is 0 Å². The van der Waals surface area contributed by atoms with E-state index in [0.29, 0.717) is 17.1 Å². The molecular weight excluding hydrogens is 332 g/mol. The third-order valence-corrected chi connectivity index (χ3v) is 3.45. The molecular formula is C17H15BrO3. The molecule has 0 heterocycles. The number of hydrogen-bond acceptors (Lipinski definition) is 3. The van der Waals surface area contributed by atoms with Gasteiger partial charge >= 0.3 is 0 Å². The van der Waals surface area contributed by atoms with Crippen molar-refractivity contribution >= 4 is 27.8 Å². The highest BCUT2D eigenvalue weighted by Gasteiger charge is 2.08. The Kier molecular flexibility index (Phi) is 5.17. The monoisotopic (exact) mass is 346 g/mol. The Morgan fingerprint density at radius 3 is 2.52 bits per heavy atom. The van der Waals surface area contributed by atoms with Crippen molar-refractivity contribution in [1.82, 2.24) is 0 Å². The number of carbonyl (C=O) groups is 1. The predicted molar refractivity (Wildman–Crippen MR) is 87.1 cm³/mol. The van der Waals surface area contributed by atoms with Crippen molar-refractivity contribution in [2.45, 2.75) is 0 Å². The maximum atomic E-state index is 12.1. The maximum absolute atomic E-state index is 12.1. The van der Waals surface area contributed by atoms with Gasteiger partial charge in [-0.05, 0) is 30.4 Å². The van der Waals surface area contributed by atoms with E-state index in [1.54, 1.807) is 32.4 Å². The van der Waals surface area contributed by atoms with Crippen molar-refractivity contribution in [2.75, 3.05) is 14.2 Å². The summed E-state index contributed by atoms with van der Waals surface area (Å²) in [5.74, 6) is 1.18. The molecule has 3 nitrogen and oxygen atoms in total. The van der Waals surface area contributed by atoms with Gasteiger partial charge in [0.2, 0.25) is 0 Å². The number of benzene rings is 2. The molecule has 4 heteroatoms. The quantitative estimate of drug-likeness (QED) is 0.595. The van der Waals surface area contributed by atoms with Crippen LogP contribution in [-0.4, -0.2) is 20.0 Å². The normalized spacial score (nSPS) is 10.6. The molecule has 0 unspecified atom stereocenters. The van der Waals surface area contributed by atoms with E-state index < -0.39 is 0 Å². The van der Waals surface area contributed by atoms with Crippen molar-refractivity contribution in [3.63, 3.8) is 0 Å². The number of halogens is 1. The second kappa shape index (κ2) is 7.09. The predicted octanol–water partition coefficient (Wildman–Crippen LogP) is 4.36. The zero-order chi connectivity index (χ0) is 15.2. The summed E-state index contributed by atoms with van der Waals surface area (Å²) >= 11 is 3.36. The zero-order valence-electron chi connectivity index (χ0n) is 11.8. The lowest BCUT2D eigenvalue weighted by Gasteiger charge is -2.09. The molecule has 0 N–H and O–H groups in total. The molecule has 0 aliphatic carbocycles. The van der Waals surface area contributed by atoms with Gasteiger partial charge in [0.05, 0.1) is 14.2 Å². The van der Waals surface area contributed by atoms with Gasteiger partial charge in [0, 0.05) is 15.6 Å². The van der Waals surface area contributed by atoms with Crippen LogP contribution in [0.4, 0.5) is 0 Å². The fraction of sp³-hybridized carbons (Fsp3) is 0.118. The second-order valence-electron chi connectivity index (χ2n) is 4.29. The summed E-state index contributed by atoms with van der Waals surface area (Å²) in [6.07, 6.45) is 3.25. The lowest BCUT2D eigenvalue weighted by atomic mass is 10.1. The van der Waals surface area contributed by atoms with Crippen LogP contribution in [0.2, 0.25) is 0 Å². The fourth-order valence-corrected chi connectivity index (χ4v) is 2.35. The Labute approximate surface area is 132 Å². The summed E-state index contributed by atoms with van der Waals surface area (Å²) in [5, 5.41) is 0.